The van der Waals surface area contributed by atoms with Gasteiger partial charge in [0.25, 0.3) is 11.5 Å². The Hall–Kier alpha value is -2.78. The molecule has 0 aliphatic carbocycles. The van der Waals surface area contributed by atoms with Crippen LogP contribution in [0.4, 0.5) is 5.13 Å². The molecule has 1 aliphatic rings. The maximum atomic E-state index is 13.1. The Bertz CT molecular complexity index is 1370. The summed E-state index contributed by atoms with van der Waals surface area (Å²) in [5, 5.41) is 3.98. The van der Waals surface area contributed by atoms with Crippen LogP contribution < -0.4 is 15.6 Å². The van der Waals surface area contributed by atoms with Gasteiger partial charge >= 0.3 is 0 Å². The summed E-state index contributed by atoms with van der Waals surface area (Å²) in [6.07, 6.45) is 3.94. The van der Waals surface area contributed by atoms with Crippen molar-refractivity contribution in [2.45, 2.75) is 46.1 Å². The number of ether oxygens (including phenoxy) is 1. The molecule has 0 atom stereocenters. The number of carbonyl (C=O) groups is 1. The molecule has 0 saturated heterocycles. The van der Waals surface area contributed by atoms with Crippen LogP contribution in [0.1, 0.15) is 47.2 Å². The van der Waals surface area contributed by atoms with Crippen LogP contribution in [0.15, 0.2) is 23.0 Å². The molecule has 4 aromatic rings. The van der Waals surface area contributed by atoms with Gasteiger partial charge in [-0.3, -0.25) is 19.5 Å². The van der Waals surface area contributed by atoms with Crippen molar-refractivity contribution in [1.29, 1.82) is 0 Å². The lowest BCUT2D eigenvalue weighted by Crippen LogP contribution is -2.24. The summed E-state index contributed by atoms with van der Waals surface area (Å²) in [6.45, 7) is 5.06. The number of rotatable bonds is 4. The Morgan fingerprint density at radius 1 is 1.23 bits per heavy atom. The van der Waals surface area contributed by atoms with Gasteiger partial charge in [0.1, 0.15) is 16.4 Å². The zero-order chi connectivity index (χ0) is 21.5. The van der Waals surface area contributed by atoms with E-state index >= 15 is 0 Å². The Kier molecular flexibility index (Phi) is 5.23. The van der Waals surface area contributed by atoms with Crippen LogP contribution in [0.25, 0.3) is 20.4 Å². The molecular weight excluding hydrogens is 432 g/mol. The standard InChI is InChI=1S/C22H22N4O3S2/c1-3-29-13-8-9-14-15(11-13)30-22(23-14)25-19(27)18-12(2)17-20(31-18)24-16-7-5-4-6-10-26(16)21(17)28/h8-9,11H,3-7,10H2,1-2H3,(H,23,25,27). The quantitative estimate of drug-likeness (QED) is 0.481. The lowest BCUT2D eigenvalue weighted by molar-refractivity contribution is 0.103. The fourth-order valence-corrected chi connectivity index (χ4v) is 5.97. The molecule has 7 nitrogen and oxygen atoms in total. The summed E-state index contributed by atoms with van der Waals surface area (Å²) in [4.78, 5) is 36.6. The van der Waals surface area contributed by atoms with E-state index in [1.165, 1.54) is 22.7 Å². The van der Waals surface area contributed by atoms with E-state index in [1.807, 2.05) is 32.0 Å². The second-order valence-corrected chi connectivity index (χ2v) is 9.60. The molecule has 9 heteroatoms. The number of aryl methyl sites for hydroxylation is 2. The molecule has 0 spiro atoms. The molecule has 4 heterocycles. The Labute approximate surface area is 186 Å². The number of nitrogens with one attached hydrogen (secondary N) is 1. The van der Waals surface area contributed by atoms with Gasteiger partial charge in [0.05, 0.1) is 27.1 Å². The Morgan fingerprint density at radius 2 is 2.10 bits per heavy atom. The number of carbonyl (C=O) groups excluding carboxylic acids is 1. The molecule has 0 saturated carbocycles. The highest BCUT2D eigenvalue weighted by molar-refractivity contribution is 7.23. The molecule has 31 heavy (non-hydrogen) atoms. The summed E-state index contributed by atoms with van der Waals surface area (Å²) in [5.74, 6) is 1.35. The van der Waals surface area contributed by atoms with Crippen molar-refractivity contribution >= 4 is 54.1 Å². The van der Waals surface area contributed by atoms with Gasteiger partial charge < -0.3 is 4.74 Å². The van der Waals surface area contributed by atoms with Crippen LogP contribution in [0.5, 0.6) is 5.75 Å². The van der Waals surface area contributed by atoms with E-state index in [1.54, 1.807) is 4.57 Å². The summed E-state index contributed by atoms with van der Waals surface area (Å²) in [6, 6.07) is 5.68. The van der Waals surface area contributed by atoms with Crippen LogP contribution >= 0.6 is 22.7 Å². The molecule has 1 aliphatic heterocycles. The van der Waals surface area contributed by atoms with Gasteiger partial charge in [0.15, 0.2) is 5.13 Å². The highest BCUT2D eigenvalue weighted by atomic mass is 32.1. The Balaban J connectivity index is 1.48. The molecular formula is C22H22N4O3S2. The van der Waals surface area contributed by atoms with Crippen molar-refractivity contribution in [1.82, 2.24) is 14.5 Å². The van der Waals surface area contributed by atoms with Crippen molar-refractivity contribution in [3.8, 4) is 5.75 Å². The van der Waals surface area contributed by atoms with Gasteiger partial charge in [-0.2, -0.15) is 0 Å². The minimum atomic E-state index is -0.260. The predicted molar refractivity (Wildman–Crippen MR) is 125 cm³/mol. The van der Waals surface area contributed by atoms with E-state index in [0.717, 1.165) is 47.5 Å². The topological polar surface area (TPSA) is 86.1 Å². The first-order valence-electron chi connectivity index (χ1n) is 10.4. The fraction of sp³-hybridized carbons (Fsp3) is 0.364. The first-order chi connectivity index (χ1) is 15.0. The number of benzene rings is 1. The first-order valence-corrected chi connectivity index (χ1v) is 12.1. The third kappa shape index (κ3) is 3.61. The number of fused-ring (bicyclic) bond motifs is 3. The average molecular weight is 455 g/mol. The monoisotopic (exact) mass is 454 g/mol. The smallest absolute Gasteiger partial charge is 0.267 e. The molecule has 1 aromatic carbocycles. The number of nitrogens with zero attached hydrogens (tertiary/aromatic N) is 3. The number of hydrogen-bond donors (Lipinski definition) is 1. The summed E-state index contributed by atoms with van der Waals surface area (Å²) < 4.78 is 8.27. The largest absolute Gasteiger partial charge is 0.494 e. The van der Waals surface area contributed by atoms with Gasteiger partial charge in [0, 0.05) is 13.0 Å². The number of thiophene rings is 1. The van der Waals surface area contributed by atoms with Crippen molar-refractivity contribution < 1.29 is 9.53 Å². The van der Waals surface area contributed by atoms with Crippen LogP contribution in [-0.2, 0) is 13.0 Å². The zero-order valence-electron chi connectivity index (χ0n) is 17.4. The van der Waals surface area contributed by atoms with Gasteiger partial charge in [-0.1, -0.05) is 17.8 Å². The molecule has 3 aromatic heterocycles. The fourth-order valence-electron chi connectivity index (χ4n) is 4.00. The molecule has 0 bridgehead atoms. The molecule has 1 N–H and O–H groups in total. The first kappa shape index (κ1) is 20.1. The SMILES string of the molecule is CCOc1ccc2nc(NC(=O)c3sc4nc5n(c(=O)c4c3C)CCCCC5)sc2c1. The van der Waals surface area contributed by atoms with Crippen molar-refractivity contribution in [2.75, 3.05) is 11.9 Å². The van der Waals surface area contributed by atoms with E-state index in [0.29, 0.717) is 38.9 Å². The molecule has 0 fully saturated rings. The summed E-state index contributed by atoms with van der Waals surface area (Å²) in [7, 11) is 0. The molecule has 0 unspecified atom stereocenters. The van der Waals surface area contributed by atoms with Crippen LogP contribution in [-0.4, -0.2) is 27.0 Å². The van der Waals surface area contributed by atoms with Crippen molar-refractivity contribution in [3.63, 3.8) is 0 Å². The second-order valence-electron chi connectivity index (χ2n) is 7.57. The third-order valence-electron chi connectivity index (χ3n) is 5.51. The van der Waals surface area contributed by atoms with Gasteiger partial charge in [0.2, 0.25) is 0 Å². The Morgan fingerprint density at radius 3 is 2.94 bits per heavy atom. The molecule has 5 rings (SSSR count). The summed E-state index contributed by atoms with van der Waals surface area (Å²) >= 11 is 2.68. The van der Waals surface area contributed by atoms with E-state index in [9.17, 15) is 9.59 Å². The van der Waals surface area contributed by atoms with Crippen LogP contribution in [0.3, 0.4) is 0 Å². The van der Waals surface area contributed by atoms with E-state index < -0.39 is 0 Å². The van der Waals surface area contributed by atoms with Gasteiger partial charge in [-0.25, -0.2) is 9.97 Å². The van der Waals surface area contributed by atoms with Gasteiger partial charge in [-0.15, -0.1) is 11.3 Å². The molecule has 160 valence electrons. The van der Waals surface area contributed by atoms with Crippen LogP contribution in [0.2, 0.25) is 0 Å². The molecule has 1 amide bonds. The summed E-state index contributed by atoms with van der Waals surface area (Å²) in [5.41, 5.74) is 1.47. The van der Waals surface area contributed by atoms with Crippen molar-refractivity contribution in [2.24, 2.45) is 0 Å². The van der Waals surface area contributed by atoms with Gasteiger partial charge in [-0.05, 0) is 50.5 Å². The van der Waals surface area contributed by atoms with Crippen LogP contribution in [0, 0.1) is 6.92 Å². The van der Waals surface area contributed by atoms with Crippen molar-refractivity contribution in [3.05, 3.63) is 44.8 Å². The predicted octanol–water partition coefficient (Wildman–Crippen LogP) is 4.75. The number of anilines is 1. The highest BCUT2D eigenvalue weighted by Crippen LogP contribution is 2.32. The lowest BCUT2D eigenvalue weighted by Gasteiger charge is -2.08. The number of amides is 1. The molecule has 0 radical (unpaired) electrons. The minimum absolute atomic E-state index is 0.0295. The van der Waals surface area contributed by atoms with E-state index in [4.69, 9.17) is 9.72 Å². The number of hydrogen-bond acceptors (Lipinski definition) is 7. The minimum Gasteiger partial charge on any atom is -0.494 e. The lowest BCUT2D eigenvalue weighted by atomic mass is 10.2. The van der Waals surface area contributed by atoms with E-state index in [-0.39, 0.29) is 11.5 Å². The maximum absolute atomic E-state index is 13.1. The average Bonchev–Trinajstić information content (AvgIpc) is 3.19. The van der Waals surface area contributed by atoms with E-state index in [2.05, 4.69) is 10.3 Å². The zero-order valence-corrected chi connectivity index (χ0v) is 19.0. The second kappa shape index (κ2) is 8.05. The number of aromatic nitrogens is 3. The third-order valence-corrected chi connectivity index (χ3v) is 7.63. The number of thiazole rings is 1. The highest BCUT2D eigenvalue weighted by Gasteiger charge is 2.23. The maximum Gasteiger partial charge on any atom is 0.267 e. The normalized spacial score (nSPS) is 13.9.